The Morgan fingerprint density at radius 1 is 1.12 bits per heavy atom. The molecule has 1 heterocycles. The van der Waals surface area contributed by atoms with Crippen molar-refractivity contribution in [2.45, 2.75) is 12.3 Å². The number of carboxylic acids is 1. The number of rotatable bonds is 2. The summed E-state index contributed by atoms with van der Waals surface area (Å²) in [6.45, 7) is 1.41. The number of carboxylic acid groups (broad SMARTS) is 1. The van der Waals surface area contributed by atoms with E-state index in [1.807, 2.05) is 48.5 Å². The van der Waals surface area contributed by atoms with Crippen LogP contribution < -0.4 is 5.73 Å². The molecule has 5 nitrogen and oxygen atoms in total. The number of nitrogens with two attached hydrogens (primary N) is 1. The van der Waals surface area contributed by atoms with Gasteiger partial charge in [-0.25, -0.2) is 9.97 Å². The zero-order valence-corrected chi connectivity index (χ0v) is 14.3. The van der Waals surface area contributed by atoms with E-state index >= 15 is 0 Å². The summed E-state index contributed by atoms with van der Waals surface area (Å²) in [5, 5.41) is 8.66. The zero-order chi connectivity index (χ0) is 17.7. The Morgan fingerprint density at radius 3 is 2.29 bits per heavy atom. The Balaban J connectivity index is 0.000000301. The van der Waals surface area contributed by atoms with Gasteiger partial charge in [0.05, 0.1) is 5.52 Å². The summed E-state index contributed by atoms with van der Waals surface area (Å²) < 4.78 is 0. The van der Waals surface area contributed by atoms with E-state index in [9.17, 15) is 4.79 Å². The number of hydrogen-bond donors (Lipinski definition) is 2. The summed E-state index contributed by atoms with van der Waals surface area (Å²) in [4.78, 5) is 18.4. The fourth-order valence-electron chi connectivity index (χ4n) is 1.83. The lowest BCUT2D eigenvalue weighted by Gasteiger charge is -2.05. The second-order valence-corrected chi connectivity index (χ2v) is 6.00. The summed E-state index contributed by atoms with van der Waals surface area (Å²) in [6, 6.07) is 15.1. The lowest BCUT2D eigenvalue weighted by atomic mass is 10.2. The van der Waals surface area contributed by atoms with Crippen molar-refractivity contribution in [2.24, 2.45) is 0 Å². The van der Waals surface area contributed by atoms with Crippen molar-refractivity contribution in [1.82, 2.24) is 9.97 Å². The van der Waals surface area contributed by atoms with Gasteiger partial charge < -0.3 is 10.8 Å². The number of aliphatic carboxylic acids is 1. The minimum atomic E-state index is -0.975. The summed E-state index contributed by atoms with van der Waals surface area (Å²) in [5.74, 6) is 0.130. The molecule has 3 N–H and O–H groups in total. The molecule has 0 bridgehead atoms. The van der Waals surface area contributed by atoms with Crippen molar-refractivity contribution in [2.75, 3.05) is 5.73 Å². The van der Waals surface area contributed by atoms with Crippen LogP contribution in [0.3, 0.4) is 0 Å². The van der Waals surface area contributed by atoms with Gasteiger partial charge in [0.15, 0.2) is 5.82 Å². The predicted molar refractivity (Wildman–Crippen MR) is 97.3 cm³/mol. The van der Waals surface area contributed by atoms with Gasteiger partial charge in [-0.2, -0.15) is 0 Å². The van der Waals surface area contributed by atoms with Crippen LogP contribution in [0.5, 0.6) is 0 Å². The number of nitrogens with zero attached hydrogens (tertiary/aromatic N) is 2. The largest absolute Gasteiger partial charge is 0.480 e. The molecule has 3 aromatic rings. The molecule has 0 aliphatic heterocycles. The van der Waals surface area contributed by atoms with Crippen LogP contribution in [0.4, 0.5) is 5.82 Å². The molecule has 124 valence electrons. The minimum Gasteiger partial charge on any atom is -0.480 e. The van der Waals surface area contributed by atoms with Crippen LogP contribution in [0.2, 0.25) is 5.02 Å². The van der Waals surface area contributed by atoms with E-state index in [0.717, 1.165) is 16.5 Å². The highest BCUT2D eigenvalue weighted by atomic mass is 35.5. The van der Waals surface area contributed by atoms with E-state index in [-0.39, 0.29) is 0 Å². The van der Waals surface area contributed by atoms with Crippen molar-refractivity contribution in [3.8, 4) is 11.4 Å². The average molecular weight is 364 g/mol. The Hall–Kier alpha value is -2.37. The lowest BCUT2D eigenvalue weighted by Crippen LogP contribution is -2.06. The Labute approximate surface area is 149 Å². The van der Waals surface area contributed by atoms with E-state index in [1.54, 1.807) is 0 Å². The van der Waals surface area contributed by atoms with E-state index in [2.05, 4.69) is 9.97 Å². The van der Waals surface area contributed by atoms with Gasteiger partial charge in [0, 0.05) is 16.0 Å². The third kappa shape index (κ3) is 4.57. The summed E-state index contributed by atoms with van der Waals surface area (Å²) in [7, 11) is 0. The van der Waals surface area contributed by atoms with Crippen LogP contribution in [0.15, 0.2) is 48.5 Å². The molecule has 24 heavy (non-hydrogen) atoms. The highest BCUT2D eigenvalue weighted by Crippen LogP contribution is 2.23. The molecule has 1 aromatic heterocycles. The fraction of sp³-hybridized carbons (Fsp3) is 0.118. The van der Waals surface area contributed by atoms with Gasteiger partial charge in [-0.05, 0) is 43.3 Å². The summed E-state index contributed by atoms with van der Waals surface area (Å²) in [6.07, 6.45) is 0. The molecule has 0 fully saturated rings. The SMILES string of the molecule is CC(Cl)C(=O)O.Nc1nc(-c2ccc(Cl)cc2)nc2ccccc12. The number of nitrogen functional groups attached to an aromatic ring is 1. The first-order chi connectivity index (χ1) is 11.4. The molecular weight excluding hydrogens is 349 g/mol. The number of aromatic nitrogens is 2. The number of anilines is 1. The number of alkyl halides is 1. The molecule has 0 saturated carbocycles. The fourth-order valence-corrected chi connectivity index (χ4v) is 1.96. The molecule has 0 aliphatic rings. The third-order valence-corrected chi connectivity index (χ3v) is 3.51. The van der Waals surface area contributed by atoms with E-state index in [4.69, 9.17) is 34.0 Å². The Bertz CT molecular complexity index is 852. The number of para-hydroxylation sites is 1. The summed E-state index contributed by atoms with van der Waals surface area (Å²) >= 11 is 10.9. The van der Waals surface area contributed by atoms with Crippen LogP contribution >= 0.6 is 23.2 Å². The molecule has 0 aliphatic carbocycles. The molecule has 3 rings (SSSR count). The molecular formula is C17H15Cl2N3O2. The van der Waals surface area contributed by atoms with Crippen molar-refractivity contribution in [3.63, 3.8) is 0 Å². The number of benzene rings is 2. The highest BCUT2D eigenvalue weighted by Gasteiger charge is 2.06. The molecule has 0 amide bonds. The average Bonchev–Trinajstić information content (AvgIpc) is 2.56. The lowest BCUT2D eigenvalue weighted by molar-refractivity contribution is -0.136. The van der Waals surface area contributed by atoms with Crippen LogP contribution in [-0.2, 0) is 4.79 Å². The maximum atomic E-state index is 9.57. The van der Waals surface area contributed by atoms with Gasteiger partial charge in [0.1, 0.15) is 11.2 Å². The molecule has 7 heteroatoms. The van der Waals surface area contributed by atoms with Crippen LogP contribution in [0.25, 0.3) is 22.3 Å². The van der Waals surface area contributed by atoms with Crippen LogP contribution in [0, 0.1) is 0 Å². The minimum absolute atomic E-state index is 0.491. The maximum Gasteiger partial charge on any atom is 0.321 e. The normalized spacial score (nSPS) is 11.5. The molecule has 0 saturated heterocycles. The molecule has 0 radical (unpaired) electrons. The first kappa shape index (κ1) is 18.0. The topological polar surface area (TPSA) is 89.1 Å². The number of halogens is 2. The number of carbonyl (C=O) groups is 1. The van der Waals surface area contributed by atoms with Crippen molar-refractivity contribution in [3.05, 3.63) is 53.6 Å². The quantitative estimate of drug-likeness (QED) is 0.664. The van der Waals surface area contributed by atoms with Crippen molar-refractivity contribution < 1.29 is 9.90 Å². The second kappa shape index (κ2) is 7.95. The monoisotopic (exact) mass is 363 g/mol. The van der Waals surface area contributed by atoms with E-state index < -0.39 is 11.3 Å². The second-order valence-electron chi connectivity index (χ2n) is 4.91. The van der Waals surface area contributed by atoms with Gasteiger partial charge in [-0.3, -0.25) is 4.79 Å². The van der Waals surface area contributed by atoms with Gasteiger partial charge in [-0.15, -0.1) is 11.6 Å². The molecule has 1 unspecified atom stereocenters. The Morgan fingerprint density at radius 2 is 1.71 bits per heavy atom. The van der Waals surface area contributed by atoms with Crippen LogP contribution in [-0.4, -0.2) is 26.4 Å². The molecule has 0 spiro atoms. The first-order valence-corrected chi connectivity index (χ1v) is 7.85. The molecule has 2 aromatic carbocycles. The van der Waals surface area contributed by atoms with Crippen molar-refractivity contribution in [1.29, 1.82) is 0 Å². The first-order valence-electron chi connectivity index (χ1n) is 7.03. The number of hydrogen-bond acceptors (Lipinski definition) is 4. The van der Waals surface area contributed by atoms with Crippen LogP contribution in [0.1, 0.15) is 6.92 Å². The molecule has 1 atom stereocenters. The standard InChI is InChI=1S/C14H10ClN3.C3H5ClO2/c15-10-7-5-9(6-8-10)14-17-12-4-2-1-3-11(12)13(16)18-14;1-2(4)3(5)6/h1-8H,(H2,16,17,18);2H,1H3,(H,5,6). The third-order valence-electron chi connectivity index (χ3n) is 3.08. The highest BCUT2D eigenvalue weighted by molar-refractivity contribution is 6.30. The van der Waals surface area contributed by atoms with E-state index in [1.165, 1.54) is 6.92 Å². The van der Waals surface area contributed by atoms with E-state index in [0.29, 0.717) is 16.7 Å². The number of fused-ring (bicyclic) bond motifs is 1. The zero-order valence-electron chi connectivity index (χ0n) is 12.8. The van der Waals surface area contributed by atoms with Crippen molar-refractivity contribution >= 4 is 45.9 Å². The Kier molecular flexibility index (Phi) is 5.95. The smallest absolute Gasteiger partial charge is 0.321 e. The van der Waals surface area contributed by atoms with Gasteiger partial charge in [0.2, 0.25) is 0 Å². The predicted octanol–water partition coefficient (Wildman–Crippen LogP) is 4.23. The maximum absolute atomic E-state index is 9.57. The van der Waals surface area contributed by atoms with Gasteiger partial charge in [0.25, 0.3) is 0 Å². The van der Waals surface area contributed by atoms with Gasteiger partial charge in [-0.1, -0.05) is 23.7 Å². The summed E-state index contributed by atoms with van der Waals surface area (Å²) in [5.41, 5.74) is 7.69. The van der Waals surface area contributed by atoms with Gasteiger partial charge >= 0.3 is 5.97 Å².